The van der Waals surface area contributed by atoms with Gasteiger partial charge in [-0.05, 0) is 108 Å². The normalized spacial score (nSPS) is 25.4. The number of fused-ring (bicyclic) bond motifs is 2. The molecule has 2 aromatic heterocycles. The number of halogens is 1. The van der Waals surface area contributed by atoms with Crippen LogP contribution in [0.1, 0.15) is 115 Å². The maximum atomic E-state index is 14.2. The first-order valence-corrected chi connectivity index (χ1v) is 21.1. The van der Waals surface area contributed by atoms with E-state index in [4.69, 9.17) is 39.6 Å². The number of amides is 1. The molecule has 0 bridgehead atoms. The van der Waals surface area contributed by atoms with Gasteiger partial charge in [0.1, 0.15) is 23.9 Å². The van der Waals surface area contributed by atoms with E-state index in [1.807, 2.05) is 0 Å². The van der Waals surface area contributed by atoms with Crippen molar-refractivity contribution in [3.05, 3.63) is 11.5 Å². The van der Waals surface area contributed by atoms with Crippen molar-refractivity contribution in [2.24, 2.45) is 0 Å². The van der Waals surface area contributed by atoms with Crippen molar-refractivity contribution in [2.45, 2.75) is 167 Å². The fourth-order valence-electron chi connectivity index (χ4n) is 6.62. The molecule has 15 nitrogen and oxygen atoms in total. The monoisotopic (exact) mass is 777 g/mol. The van der Waals surface area contributed by atoms with Gasteiger partial charge in [-0.25, -0.2) is 17.9 Å². The number of sulfone groups is 1. The van der Waals surface area contributed by atoms with E-state index in [-0.39, 0.29) is 22.8 Å². The van der Waals surface area contributed by atoms with E-state index < -0.39 is 81.4 Å². The largest absolute Gasteiger partial charge is 0.443 e. The first-order chi connectivity index (χ1) is 23.2. The van der Waals surface area contributed by atoms with Crippen molar-refractivity contribution in [3.63, 3.8) is 0 Å². The molecule has 51 heavy (non-hydrogen) atoms. The lowest BCUT2D eigenvalue weighted by Crippen LogP contribution is -2.43. The minimum Gasteiger partial charge on any atom is -0.443 e. The van der Waals surface area contributed by atoms with Crippen LogP contribution in [0.25, 0.3) is 11.0 Å². The van der Waals surface area contributed by atoms with Gasteiger partial charge in [-0.3, -0.25) is 9.46 Å². The Hall–Kier alpha value is -1.91. The average Bonchev–Trinajstić information content (AvgIpc) is 3.70. The molecule has 1 aliphatic carbocycles. The van der Waals surface area contributed by atoms with E-state index >= 15 is 0 Å². The highest BCUT2D eigenvalue weighted by Gasteiger charge is 2.59. The summed E-state index contributed by atoms with van der Waals surface area (Å²) in [4.78, 5) is 22.6. The zero-order valence-corrected chi connectivity index (χ0v) is 34.1. The molecule has 4 heterocycles. The Balaban J connectivity index is 1.52. The van der Waals surface area contributed by atoms with Gasteiger partial charge in [0, 0.05) is 6.04 Å². The van der Waals surface area contributed by atoms with Crippen LogP contribution in [0.5, 0.6) is 0 Å². The van der Waals surface area contributed by atoms with Crippen molar-refractivity contribution < 1.29 is 45.8 Å². The highest BCUT2D eigenvalue weighted by atomic mass is 35.5. The van der Waals surface area contributed by atoms with Gasteiger partial charge >= 0.3 is 13.7 Å². The Labute approximate surface area is 305 Å². The number of anilines is 1. The SMILES string of the molecule is C[C@H](P(=O)(OC(C)(C)C)OC(C)(C)C)S(=O)(=O)C[C@H]1O[C@@H](n2ncc3c(N(C(=O)OC(C)(C)C)C4CCCC4)nc(Cl)nc32)[C@@H]2OC(C)(C)O[C@@H]21. The van der Waals surface area contributed by atoms with E-state index in [1.54, 1.807) is 76.2 Å². The number of rotatable bonds is 9. The van der Waals surface area contributed by atoms with E-state index in [0.29, 0.717) is 5.39 Å². The second kappa shape index (κ2) is 13.7. The molecular weight excluding hydrogens is 725 g/mol. The summed E-state index contributed by atoms with van der Waals surface area (Å²) in [7, 11) is -8.46. The number of hydrogen-bond donors (Lipinski definition) is 0. The minimum atomic E-state index is -4.24. The van der Waals surface area contributed by atoms with Crippen molar-refractivity contribution in [3.8, 4) is 0 Å². The molecular formula is C33H53ClN5O10PS. The lowest BCUT2D eigenvalue weighted by atomic mass is 10.1. The highest BCUT2D eigenvalue weighted by molar-refractivity contribution is 7.98. The van der Waals surface area contributed by atoms with Crippen LogP contribution in [0.3, 0.4) is 0 Å². The number of carbonyl (C=O) groups is 1. The summed E-state index contributed by atoms with van der Waals surface area (Å²) in [5, 5.41) is 4.88. The van der Waals surface area contributed by atoms with E-state index in [9.17, 15) is 17.8 Å². The zero-order valence-electron chi connectivity index (χ0n) is 31.6. The summed E-state index contributed by atoms with van der Waals surface area (Å²) in [5.41, 5.74) is -2.44. The molecule has 0 radical (unpaired) electrons. The molecule has 0 N–H and O–H groups in total. The van der Waals surface area contributed by atoms with E-state index in [2.05, 4.69) is 15.1 Å². The Kier molecular flexibility index (Phi) is 10.9. The van der Waals surface area contributed by atoms with Crippen LogP contribution >= 0.6 is 19.2 Å². The maximum absolute atomic E-state index is 14.2. The molecule has 2 saturated heterocycles. The summed E-state index contributed by atoms with van der Waals surface area (Å²) in [6.45, 7) is 20.2. The first kappa shape index (κ1) is 40.3. The summed E-state index contributed by atoms with van der Waals surface area (Å²) in [5.74, 6) is -1.43. The van der Waals surface area contributed by atoms with Gasteiger partial charge in [-0.1, -0.05) is 12.8 Å². The molecule has 2 aromatic rings. The Morgan fingerprint density at radius 2 is 1.59 bits per heavy atom. The van der Waals surface area contributed by atoms with Gasteiger partial charge in [-0.2, -0.15) is 15.1 Å². The van der Waals surface area contributed by atoms with Crippen LogP contribution in [0.2, 0.25) is 5.28 Å². The number of hydrogen-bond acceptors (Lipinski definition) is 13. The molecule has 2 aliphatic heterocycles. The average molecular weight is 778 g/mol. The standard InChI is InChI=1S/C33H53ClN5O10PS/c1-19(50(41,48-31(5,6)7)49-32(8,9)10)51(42,43)18-22-23-24(46-33(11,12)45-23)27(44-22)39-26-21(17-35-39)25(36-28(34)37-26)38(20-15-13-14-16-20)29(40)47-30(2,3)4/h17,19-20,22-24,27H,13-16,18H2,1-12H3/t19-,22-,23-,24-,27-/m1/s1. The summed E-state index contributed by atoms with van der Waals surface area (Å²) < 4.78 is 80.3. The van der Waals surface area contributed by atoms with E-state index in [1.165, 1.54) is 22.7 Å². The van der Waals surface area contributed by atoms with Gasteiger partial charge in [-0.15, -0.1) is 0 Å². The van der Waals surface area contributed by atoms with Crippen LogP contribution in [0.15, 0.2) is 6.20 Å². The molecule has 5 rings (SSSR count). The van der Waals surface area contributed by atoms with Gasteiger partial charge in [0.25, 0.3) is 0 Å². The van der Waals surface area contributed by atoms with Crippen molar-refractivity contribution in [1.82, 2.24) is 19.7 Å². The number of aromatic nitrogens is 4. The van der Waals surface area contributed by atoms with Crippen LogP contribution in [-0.2, 0) is 42.4 Å². The van der Waals surface area contributed by atoms with Crippen LogP contribution in [-0.4, -0.2) is 91.9 Å². The Bertz CT molecular complexity index is 1760. The van der Waals surface area contributed by atoms with Crippen LogP contribution in [0.4, 0.5) is 10.6 Å². The lowest BCUT2D eigenvalue weighted by Gasteiger charge is -2.35. The molecule has 3 aliphatic rings. The third-order valence-corrected chi connectivity index (χ3v) is 14.7. The zero-order chi connectivity index (χ0) is 38.1. The minimum absolute atomic E-state index is 0.134. The number of carbonyl (C=O) groups excluding carboxylic acids is 1. The predicted molar refractivity (Wildman–Crippen MR) is 192 cm³/mol. The molecule has 3 fully saturated rings. The van der Waals surface area contributed by atoms with Crippen molar-refractivity contribution in [1.29, 1.82) is 0 Å². The van der Waals surface area contributed by atoms with Gasteiger partial charge in [0.15, 0.2) is 38.3 Å². The predicted octanol–water partition coefficient (Wildman–Crippen LogP) is 7.17. The molecule has 5 atom stereocenters. The molecule has 1 saturated carbocycles. The first-order valence-electron chi connectivity index (χ1n) is 17.4. The van der Waals surface area contributed by atoms with Gasteiger partial charge in [0.05, 0.1) is 28.5 Å². The Morgan fingerprint density at radius 3 is 2.14 bits per heavy atom. The molecule has 18 heteroatoms. The lowest BCUT2D eigenvalue weighted by molar-refractivity contribution is -0.195. The second-order valence-electron chi connectivity index (χ2n) is 16.9. The number of ether oxygens (including phenoxy) is 4. The quantitative estimate of drug-likeness (QED) is 0.186. The van der Waals surface area contributed by atoms with E-state index in [0.717, 1.165) is 25.7 Å². The number of nitrogens with zero attached hydrogens (tertiary/aromatic N) is 5. The topological polar surface area (TPSA) is 170 Å². The summed E-state index contributed by atoms with van der Waals surface area (Å²) >= 11 is 6.52. The van der Waals surface area contributed by atoms with Crippen LogP contribution < -0.4 is 4.90 Å². The maximum Gasteiger partial charge on any atom is 0.416 e. The van der Waals surface area contributed by atoms with Gasteiger partial charge in [0.2, 0.25) is 5.28 Å². The third-order valence-electron chi connectivity index (χ3n) is 8.44. The summed E-state index contributed by atoms with van der Waals surface area (Å²) in [6, 6.07) is -0.172. The highest BCUT2D eigenvalue weighted by Crippen LogP contribution is 2.60. The molecule has 0 unspecified atom stereocenters. The molecule has 288 valence electrons. The summed E-state index contributed by atoms with van der Waals surface area (Å²) in [6.07, 6.45) is 0.594. The fourth-order valence-corrected chi connectivity index (χ4v) is 11.7. The molecule has 0 spiro atoms. The van der Waals surface area contributed by atoms with Crippen molar-refractivity contribution in [2.75, 3.05) is 10.7 Å². The Morgan fingerprint density at radius 1 is 1.02 bits per heavy atom. The van der Waals surface area contributed by atoms with Crippen LogP contribution in [0, 0.1) is 0 Å². The molecule has 1 amide bonds. The van der Waals surface area contributed by atoms with Gasteiger partial charge < -0.3 is 28.0 Å². The third kappa shape index (κ3) is 9.08. The smallest absolute Gasteiger partial charge is 0.416 e. The van der Waals surface area contributed by atoms with Crippen molar-refractivity contribution >= 4 is 52.0 Å². The second-order valence-corrected chi connectivity index (χ2v) is 22.2. The fraction of sp³-hybridized carbons (Fsp3) is 0.818. The molecule has 0 aromatic carbocycles.